The average Bonchev–Trinajstić information content (AvgIpc) is 3.47. The highest BCUT2D eigenvalue weighted by Crippen LogP contribution is 2.39. The molecule has 0 saturated carbocycles. The third-order valence-electron chi connectivity index (χ3n) is 6.44. The topological polar surface area (TPSA) is 89.0 Å². The number of aliphatic imine (C=N–C) groups is 1. The molecule has 0 bridgehead atoms. The van der Waals surface area contributed by atoms with Gasteiger partial charge in [0.2, 0.25) is 0 Å². The molecule has 0 atom stereocenters. The van der Waals surface area contributed by atoms with Crippen molar-refractivity contribution < 1.29 is 14.1 Å². The van der Waals surface area contributed by atoms with Crippen LogP contribution in [0.1, 0.15) is 28.0 Å². The first kappa shape index (κ1) is 25.2. The third-order valence-corrected chi connectivity index (χ3v) is 7.41. The van der Waals surface area contributed by atoms with E-state index in [0.29, 0.717) is 32.8 Å². The molecule has 1 saturated heterocycles. The predicted octanol–water partition coefficient (Wildman–Crippen LogP) is 7.90. The van der Waals surface area contributed by atoms with E-state index in [1.54, 1.807) is 35.2 Å². The van der Waals surface area contributed by atoms with Crippen LogP contribution in [0.2, 0.25) is 0 Å². The van der Waals surface area contributed by atoms with E-state index in [2.05, 4.69) is 0 Å². The van der Waals surface area contributed by atoms with Crippen molar-refractivity contribution in [1.29, 1.82) is 0 Å². The van der Waals surface area contributed by atoms with E-state index < -0.39 is 4.92 Å². The smallest absolute Gasteiger partial charge is 0.280 e. The Morgan fingerprint density at radius 1 is 0.895 bits per heavy atom. The minimum absolute atomic E-state index is 0.0220. The zero-order valence-corrected chi connectivity index (χ0v) is 22.2. The highest BCUT2D eigenvalue weighted by molar-refractivity contribution is 8.19. The fourth-order valence-electron chi connectivity index (χ4n) is 4.28. The molecule has 0 aliphatic carbocycles. The van der Waals surface area contributed by atoms with Crippen molar-refractivity contribution in [3.05, 3.63) is 116 Å². The number of rotatable bonds is 5. The number of amides is 1. The van der Waals surface area contributed by atoms with Gasteiger partial charge in [0.25, 0.3) is 11.6 Å². The summed E-state index contributed by atoms with van der Waals surface area (Å²) < 4.78 is 5.99. The molecule has 4 aromatic rings. The Labute approximate surface area is 224 Å². The number of nitrogens with zero attached hydrogens (tertiary/aromatic N) is 3. The number of hydrogen-bond acceptors (Lipinski definition) is 6. The lowest BCUT2D eigenvalue weighted by Crippen LogP contribution is -2.28. The molecule has 3 aromatic carbocycles. The molecule has 0 unspecified atom stereocenters. The largest absolute Gasteiger partial charge is 0.456 e. The van der Waals surface area contributed by atoms with Crippen LogP contribution in [0.3, 0.4) is 0 Å². The van der Waals surface area contributed by atoms with Crippen molar-refractivity contribution in [2.24, 2.45) is 4.99 Å². The molecule has 1 aromatic heterocycles. The molecule has 1 aliphatic heterocycles. The first-order valence-electron chi connectivity index (χ1n) is 12.0. The fourth-order valence-corrected chi connectivity index (χ4v) is 5.25. The van der Waals surface area contributed by atoms with Gasteiger partial charge < -0.3 is 4.42 Å². The number of aryl methyl sites for hydroxylation is 4. The Morgan fingerprint density at radius 2 is 1.58 bits per heavy atom. The van der Waals surface area contributed by atoms with E-state index in [0.717, 1.165) is 27.9 Å². The second kappa shape index (κ2) is 10.1. The lowest BCUT2D eigenvalue weighted by Gasteiger charge is -2.16. The van der Waals surface area contributed by atoms with Gasteiger partial charge in [0.15, 0.2) is 5.17 Å². The Kier molecular flexibility index (Phi) is 6.73. The zero-order chi connectivity index (χ0) is 27.0. The van der Waals surface area contributed by atoms with E-state index in [9.17, 15) is 14.9 Å². The van der Waals surface area contributed by atoms with Crippen LogP contribution in [0.15, 0.2) is 87.1 Å². The number of nitro groups is 1. The summed E-state index contributed by atoms with van der Waals surface area (Å²) in [6.07, 6.45) is 1.66. The average molecular weight is 524 g/mol. The Hall–Kier alpha value is -4.43. The van der Waals surface area contributed by atoms with Crippen LogP contribution in [0, 0.1) is 37.8 Å². The number of hydrogen-bond donors (Lipinski definition) is 0. The molecule has 7 nitrogen and oxygen atoms in total. The minimum Gasteiger partial charge on any atom is -0.456 e. The summed E-state index contributed by atoms with van der Waals surface area (Å²) in [4.78, 5) is 31.8. The molecule has 8 heteroatoms. The summed E-state index contributed by atoms with van der Waals surface area (Å²) >= 11 is 1.27. The maximum atomic E-state index is 13.6. The third kappa shape index (κ3) is 4.78. The Balaban J connectivity index is 1.56. The quantitative estimate of drug-likeness (QED) is 0.151. The van der Waals surface area contributed by atoms with Gasteiger partial charge in [-0.25, -0.2) is 4.99 Å². The summed E-state index contributed by atoms with van der Waals surface area (Å²) in [5, 5.41) is 12.2. The monoisotopic (exact) mass is 523 g/mol. The molecule has 1 fully saturated rings. The number of carbonyl (C=O) groups excluding carboxylic acids is 1. The standard InChI is InChI=1S/C30H25N3O4S/c1-18-9-8-10-19(2)28(18)31-30-32(22-11-6-5-7-12-22)29(34)27(38-30)17-23-13-14-26(37-23)24-15-20(3)21(4)16-25(24)33(35)36/h5-17H,1-4H3/b27-17-,31-30?. The Bertz CT molecular complexity index is 1620. The number of thioether (sulfide) groups is 1. The van der Waals surface area contributed by atoms with E-state index in [1.807, 2.05) is 76.2 Å². The lowest BCUT2D eigenvalue weighted by atomic mass is 10.0. The predicted molar refractivity (Wildman–Crippen MR) is 153 cm³/mol. The van der Waals surface area contributed by atoms with Gasteiger partial charge in [-0.3, -0.25) is 19.8 Å². The maximum absolute atomic E-state index is 13.6. The van der Waals surface area contributed by atoms with E-state index in [1.165, 1.54) is 11.8 Å². The van der Waals surface area contributed by atoms with E-state index in [-0.39, 0.29) is 11.6 Å². The number of nitro benzene ring substituents is 1. The summed E-state index contributed by atoms with van der Waals surface area (Å²) in [5.74, 6) is 0.567. The molecule has 1 aliphatic rings. The van der Waals surface area contributed by atoms with Crippen LogP contribution in [0.25, 0.3) is 17.4 Å². The van der Waals surface area contributed by atoms with Gasteiger partial charge in [-0.05, 0) is 92.0 Å². The van der Waals surface area contributed by atoms with Crippen molar-refractivity contribution in [2.75, 3.05) is 4.90 Å². The Morgan fingerprint density at radius 3 is 2.26 bits per heavy atom. The van der Waals surface area contributed by atoms with Crippen LogP contribution >= 0.6 is 11.8 Å². The minimum atomic E-state index is -0.410. The second-order valence-corrected chi connectivity index (χ2v) is 10.1. The van der Waals surface area contributed by atoms with Crippen LogP contribution in [0.4, 0.5) is 17.1 Å². The zero-order valence-electron chi connectivity index (χ0n) is 21.4. The van der Waals surface area contributed by atoms with Crippen LogP contribution in [-0.4, -0.2) is 16.0 Å². The normalized spacial score (nSPS) is 15.6. The van der Waals surface area contributed by atoms with Gasteiger partial charge in [0.1, 0.15) is 11.5 Å². The summed E-state index contributed by atoms with van der Waals surface area (Å²) in [7, 11) is 0. The molecular weight excluding hydrogens is 498 g/mol. The van der Waals surface area contributed by atoms with Crippen molar-refractivity contribution in [2.45, 2.75) is 27.7 Å². The number of amidine groups is 1. The van der Waals surface area contributed by atoms with Crippen molar-refractivity contribution in [3.63, 3.8) is 0 Å². The SMILES string of the molecule is Cc1cc(-c2ccc(/C=C3\SC(=Nc4c(C)cccc4C)N(c4ccccc4)C3=O)o2)c([N+](=O)[O-])cc1C. The molecule has 0 radical (unpaired) electrons. The van der Waals surface area contributed by atoms with Gasteiger partial charge in [-0.15, -0.1) is 0 Å². The molecule has 38 heavy (non-hydrogen) atoms. The van der Waals surface area contributed by atoms with Gasteiger partial charge >= 0.3 is 0 Å². The molecule has 1 amide bonds. The van der Waals surface area contributed by atoms with E-state index >= 15 is 0 Å². The molecule has 0 spiro atoms. The maximum Gasteiger partial charge on any atom is 0.280 e. The van der Waals surface area contributed by atoms with Crippen LogP contribution < -0.4 is 4.90 Å². The highest BCUT2D eigenvalue weighted by atomic mass is 32.2. The summed E-state index contributed by atoms with van der Waals surface area (Å²) in [6, 6.07) is 22.1. The number of furan rings is 1. The number of anilines is 1. The van der Waals surface area contributed by atoms with E-state index in [4.69, 9.17) is 9.41 Å². The van der Waals surface area contributed by atoms with Gasteiger partial charge in [-0.2, -0.15) is 0 Å². The molecule has 0 N–H and O–H groups in total. The van der Waals surface area contributed by atoms with Crippen molar-refractivity contribution in [3.8, 4) is 11.3 Å². The second-order valence-electron chi connectivity index (χ2n) is 9.13. The van der Waals surface area contributed by atoms with Crippen LogP contribution in [0.5, 0.6) is 0 Å². The molecular formula is C30H25N3O4S. The van der Waals surface area contributed by atoms with Gasteiger partial charge in [0.05, 0.1) is 26.8 Å². The summed E-state index contributed by atoms with van der Waals surface area (Å²) in [5.41, 5.74) is 5.70. The van der Waals surface area contributed by atoms with Crippen LogP contribution in [-0.2, 0) is 4.79 Å². The van der Waals surface area contributed by atoms with Gasteiger partial charge in [-0.1, -0.05) is 36.4 Å². The lowest BCUT2D eigenvalue weighted by molar-refractivity contribution is -0.384. The number of benzene rings is 3. The first-order valence-corrected chi connectivity index (χ1v) is 12.8. The number of para-hydroxylation sites is 2. The fraction of sp³-hybridized carbons (Fsp3) is 0.133. The molecule has 2 heterocycles. The molecule has 5 rings (SSSR count). The molecule has 190 valence electrons. The van der Waals surface area contributed by atoms with Crippen molar-refractivity contribution in [1.82, 2.24) is 0 Å². The summed E-state index contributed by atoms with van der Waals surface area (Å²) in [6.45, 7) is 7.72. The highest BCUT2D eigenvalue weighted by Gasteiger charge is 2.35. The van der Waals surface area contributed by atoms with Crippen molar-refractivity contribution >= 4 is 46.0 Å². The first-order chi connectivity index (χ1) is 18.2. The van der Waals surface area contributed by atoms with Gasteiger partial charge in [0, 0.05) is 12.1 Å². The number of carbonyl (C=O) groups is 1.